The first kappa shape index (κ1) is 9.19. The van der Waals surface area contributed by atoms with Gasteiger partial charge < -0.3 is 5.11 Å². The number of hydrogen-bond acceptors (Lipinski definition) is 1. The zero-order valence-corrected chi connectivity index (χ0v) is 7.83. The molecule has 1 aliphatic rings. The molecule has 0 aliphatic heterocycles. The van der Waals surface area contributed by atoms with Crippen LogP contribution in [0.25, 0.3) is 0 Å². The molecular weight excluding hydrogens is 183 g/mol. The van der Waals surface area contributed by atoms with Gasteiger partial charge in [0.2, 0.25) is 0 Å². The highest BCUT2D eigenvalue weighted by Gasteiger charge is 2.44. The zero-order valence-electron chi connectivity index (χ0n) is 7.83. The van der Waals surface area contributed by atoms with Gasteiger partial charge in [-0.1, -0.05) is 12.1 Å². The molecule has 0 amide bonds. The third-order valence-corrected chi connectivity index (χ3v) is 2.82. The van der Waals surface area contributed by atoms with Crippen molar-refractivity contribution in [3.8, 4) is 0 Å². The molecule has 3 heteroatoms. The third kappa shape index (κ3) is 1.39. The van der Waals surface area contributed by atoms with E-state index in [-0.39, 0.29) is 17.7 Å². The Bertz CT molecular complexity index is 387. The van der Waals surface area contributed by atoms with Gasteiger partial charge in [0.05, 0.1) is 5.92 Å². The molecular formula is C11H11FO2. The second-order valence-corrected chi connectivity index (χ2v) is 3.74. The molecule has 0 saturated heterocycles. The van der Waals surface area contributed by atoms with E-state index in [1.165, 1.54) is 6.07 Å². The van der Waals surface area contributed by atoms with E-state index in [1.54, 1.807) is 13.0 Å². The van der Waals surface area contributed by atoms with Crippen molar-refractivity contribution < 1.29 is 14.3 Å². The topological polar surface area (TPSA) is 37.3 Å². The first-order valence-electron chi connectivity index (χ1n) is 4.59. The van der Waals surface area contributed by atoms with Gasteiger partial charge in [0.15, 0.2) is 0 Å². The van der Waals surface area contributed by atoms with Crippen LogP contribution in [0.2, 0.25) is 0 Å². The van der Waals surface area contributed by atoms with Gasteiger partial charge in [0.25, 0.3) is 0 Å². The summed E-state index contributed by atoms with van der Waals surface area (Å²) in [6.07, 6.45) is 0.639. The second kappa shape index (κ2) is 3.08. The Labute approximate surface area is 81.4 Å². The molecule has 0 bridgehead atoms. The van der Waals surface area contributed by atoms with Gasteiger partial charge >= 0.3 is 5.97 Å². The summed E-state index contributed by atoms with van der Waals surface area (Å²) < 4.78 is 13.1. The van der Waals surface area contributed by atoms with Crippen LogP contribution in [-0.2, 0) is 4.79 Å². The van der Waals surface area contributed by atoms with Crippen molar-refractivity contribution in [1.82, 2.24) is 0 Å². The summed E-state index contributed by atoms with van der Waals surface area (Å²) in [5.74, 6) is -1.32. The summed E-state index contributed by atoms with van der Waals surface area (Å²) in [4.78, 5) is 10.6. The second-order valence-electron chi connectivity index (χ2n) is 3.74. The minimum absolute atomic E-state index is 0.0169. The molecule has 0 radical (unpaired) electrons. The van der Waals surface area contributed by atoms with Gasteiger partial charge in [-0.05, 0) is 36.5 Å². The largest absolute Gasteiger partial charge is 0.481 e. The normalized spacial score (nSPS) is 24.7. The van der Waals surface area contributed by atoms with E-state index in [4.69, 9.17) is 5.11 Å². The quantitative estimate of drug-likeness (QED) is 0.784. The molecule has 0 aromatic heterocycles. The third-order valence-electron chi connectivity index (χ3n) is 2.82. The number of benzene rings is 1. The Morgan fingerprint density at radius 3 is 2.86 bits per heavy atom. The lowest BCUT2D eigenvalue weighted by atomic mass is 10.0. The standard InChI is InChI=1S/C11H11FO2/c1-6-7(3-2-4-10(6)12)8-5-9(8)11(13)14/h2-4,8-9H,5H2,1H3,(H,13,14)/t8-,9+/m1/s1. The number of halogens is 1. The highest BCUT2D eigenvalue weighted by molar-refractivity contribution is 5.75. The lowest BCUT2D eigenvalue weighted by Gasteiger charge is -2.04. The van der Waals surface area contributed by atoms with E-state index in [9.17, 15) is 9.18 Å². The summed E-state index contributed by atoms with van der Waals surface area (Å²) in [7, 11) is 0. The van der Waals surface area contributed by atoms with Gasteiger partial charge in [0.1, 0.15) is 5.82 Å². The summed E-state index contributed by atoms with van der Waals surface area (Å²) in [6.45, 7) is 1.70. The van der Waals surface area contributed by atoms with Gasteiger partial charge in [-0.15, -0.1) is 0 Å². The van der Waals surface area contributed by atoms with Crippen molar-refractivity contribution in [2.45, 2.75) is 19.3 Å². The lowest BCUT2D eigenvalue weighted by molar-refractivity contribution is -0.138. The molecule has 0 heterocycles. The van der Waals surface area contributed by atoms with Crippen LogP contribution in [-0.4, -0.2) is 11.1 Å². The first-order chi connectivity index (χ1) is 6.61. The van der Waals surface area contributed by atoms with Gasteiger partial charge in [-0.2, -0.15) is 0 Å². The summed E-state index contributed by atoms with van der Waals surface area (Å²) >= 11 is 0. The van der Waals surface area contributed by atoms with Crippen LogP contribution in [0.5, 0.6) is 0 Å². The highest BCUT2D eigenvalue weighted by atomic mass is 19.1. The summed E-state index contributed by atoms with van der Waals surface area (Å²) in [6, 6.07) is 4.85. The molecule has 2 nitrogen and oxygen atoms in total. The minimum Gasteiger partial charge on any atom is -0.481 e. The molecule has 1 fully saturated rings. The van der Waals surface area contributed by atoms with Crippen LogP contribution < -0.4 is 0 Å². The molecule has 1 N–H and O–H groups in total. The monoisotopic (exact) mass is 194 g/mol. The van der Waals surface area contributed by atoms with E-state index in [0.29, 0.717) is 12.0 Å². The van der Waals surface area contributed by atoms with Crippen molar-refractivity contribution in [2.24, 2.45) is 5.92 Å². The summed E-state index contributed by atoms with van der Waals surface area (Å²) in [5, 5.41) is 8.75. The van der Waals surface area contributed by atoms with Crippen molar-refractivity contribution >= 4 is 5.97 Å². The van der Waals surface area contributed by atoms with Gasteiger partial charge in [-0.3, -0.25) is 4.79 Å². The van der Waals surface area contributed by atoms with E-state index in [1.807, 2.05) is 6.07 Å². The molecule has 1 aliphatic carbocycles. The molecule has 1 aromatic carbocycles. The maximum absolute atomic E-state index is 13.1. The van der Waals surface area contributed by atoms with E-state index >= 15 is 0 Å². The number of rotatable bonds is 2. The minimum atomic E-state index is -0.779. The molecule has 1 saturated carbocycles. The maximum atomic E-state index is 13.1. The number of carboxylic acids is 1. The number of hydrogen-bond donors (Lipinski definition) is 1. The van der Waals surface area contributed by atoms with Gasteiger partial charge in [-0.25, -0.2) is 4.39 Å². The van der Waals surface area contributed by atoms with Crippen LogP contribution in [0.3, 0.4) is 0 Å². The van der Waals surface area contributed by atoms with Crippen molar-refractivity contribution in [3.63, 3.8) is 0 Å². The van der Waals surface area contributed by atoms with Crippen LogP contribution in [0.15, 0.2) is 18.2 Å². The van der Waals surface area contributed by atoms with Crippen LogP contribution >= 0.6 is 0 Å². The predicted molar refractivity (Wildman–Crippen MR) is 49.6 cm³/mol. The number of carbonyl (C=O) groups is 1. The Morgan fingerprint density at radius 1 is 1.57 bits per heavy atom. The van der Waals surface area contributed by atoms with Crippen LogP contribution in [0.4, 0.5) is 4.39 Å². The average Bonchev–Trinajstić information content (AvgIpc) is 2.89. The SMILES string of the molecule is Cc1c(F)cccc1[C@H]1C[C@@H]1C(=O)O. The fourth-order valence-corrected chi connectivity index (χ4v) is 1.84. The first-order valence-corrected chi connectivity index (χ1v) is 4.59. The molecule has 2 rings (SSSR count). The Hall–Kier alpha value is -1.38. The summed E-state index contributed by atoms with van der Waals surface area (Å²) in [5.41, 5.74) is 1.43. The lowest BCUT2D eigenvalue weighted by Crippen LogP contribution is -2.00. The Kier molecular flexibility index (Phi) is 2.02. The molecule has 0 unspecified atom stereocenters. The molecule has 74 valence electrons. The maximum Gasteiger partial charge on any atom is 0.307 e. The van der Waals surface area contributed by atoms with Crippen molar-refractivity contribution in [3.05, 3.63) is 35.1 Å². The van der Waals surface area contributed by atoms with Gasteiger partial charge in [0, 0.05) is 0 Å². The van der Waals surface area contributed by atoms with E-state index < -0.39 is 5.97 Å². The number of aliphatic carboxylic acids is 1. The highest BCUT2D eigenvalue weighted by Crippen LogP contribution is 2.48. The number of carboxylic acid groups (broad SMARTS) is 1. The fraction of sp³-hybridized carbons (Fsp3) is 0.364. The van der Waals surface area contributed by atoms with Crippen LogP contribution in [0, 0.1) is 18.7 Å². The fourth-order valence-electron chi connectivity index (χ4n) is 1.84. The van der Waals surface area contributed by atoms with E-state index in [2.05, 4.69) is 0 Å². The molecule has 2 atom stereocenters. The molecule has 1 aromatic rings. The zero-order chi connectivity index (χ0) is 10.3. The van der Waals surface area contributed by atoms with E-state index in [0.717, 1.165) is 5.56 Å². The average molecular weight is 194 g/mol. The van der Waals surface area contributed by atoms with Crippen molar-refractivity contribution in [2.75, 3.05) is 0 Å². The molecule has 0 spiro atoms. The Balaban J connectivity index is 2.27. The predicted octanol–water partition coefficient (Wildman–Crippen LogP) is 2.32. The van der Waals surface area contributed by atoms with Crippen LogP contribution in [0.1, 0.15) is 23.5 Å². The van der Waals surface area contributed by atoms with Crippen molar-refractivity contribution in [1.29, 1.82) is 0 Å². The smallest absolute Gasteiger partial charge is 0.307 e. The molecule has 14 heavy (non-hydrogen) atoms. The Morgan fingerprint density at radius 2 is 2.29 bits per heavy atom.